The van der Waals surface area contributed by atoms with Crippen LogP contribution in [0.2, 0.25) is 0 Å². The van der Waals surface area contributed by atoms with Crippen molar-refractivity contribution >= 4 is 23.3 Å². The Morgan fingerprint density at radius 2 is 1.78 bits per heavy atom. The Balaban J connectivity index is 1.55. The molecule has 0 aromatic heterocycles. The zero-order valence-corrected chi connectivity index (χ0v) is 21.3. The van der Waals surface area contributed by atoms with Gasteiger partial charge in [-0.1, -0.05) is 19.3 Å². The van der Waals surface area contributed by atoms with Gasteiger partial charge in [-0.15, -0.1) is 0 Å². The van der Waals surface area contributed by atoms with Gasteiger partial charge in [-0.3, -0.25) is 14.4 Å². The standard InChI is InChI=1S/C27H36F2N4O4/c1-31-9-11-32(12-10-31)17-7-8-18(26(30)35)19(13-17)22(16-5-3-2-4-6-16)27(36)33-14-20(25(28)29)24-23(33)21(34)15-37-24/h7-8,13,16,20,22-25H,2-6,9-12,14-15H2,1H3,(H2,30,35)/t20-,22+,23-,24-/m1/s1. The third-order valence-electron chi connectivity index (χ3n) is 8.72. The number of Topliss-reactive ketones (excluding diaryl/α,β-unsaturated/α-hetero) is 1. The van der Waals surface area contributed by atoms with Crippen molar-refractivity contribution in [3.8, 4) is 0 Å². The fourth-order valence-corrected chi connectivity index (χ4v) is 6.67. The number of nitrogens with two attached hydrogens (primary N) is 1. The Morgan fingerprint density at radius 1 is 1.08 bits per heavy atom. The monoisotopic (exact) mass is 518 g/mol. The lowest BCUT2D eigenvalue weighted by Gasteiger charge is -2.37. The van der Waals surface area contributed by atoms with Crippen molar-refractivity contribution in [2.45, 2.75) is 56.6 Å². The average molecular weight is 519 g/mol. The van der Waals surface area contributed by atoms with Crippen LogP contribution in [0, 0.1) is 11.8 Å². The van der Waals surface area contributed by atoms with E-state index in [0.717, 1.165) is 64.0 Å². The lowest BCUT2D eigenvalue weighted by Crippen LogP contribution is -2.46. The number of carbonyl (C=O) groups excluding carboxylic acids is 3. The van der Waals surface area contributed by atoms with Crippen LogP contribution in [0.5, 0.6) is 0 Å². The van der Waals surface area contributed by atoms with Crippen LogP contribution in [0.1, 0.15) is 53.9 Å². The van der Waals surface area contributed by atoms with Crippen LogP contribution in [-0.4, -0.2) is 92.3 Å². The number of carbonyl (C=O) groups is 3. The summed E-state index contributed by atoms with van der Waals surface area (Å²) in [6.45, 7) is 2.92. The highest BCUT2D eigenvalue weighted by Crippen LogP contribution is 2.43. The van der Waals surface area contributed by atoms with Gasteiger partial charge in [-0.25, -0.2) is 8.78 Å². The van der Waals surface area contributed by atoms with Crippen molar-refractivity contribution in [1.29, 1.82) is 0 Å². The van der Waals surface area contributed by atoms with Gasteiger partial charge in [0.15, 0.2) is 5.78 Å². The van der Waals surface area contributed by atoms with Crippen molar-refractivity contribution in [1.82, 2.24) is 9.80 Å². The molecule has 3 heterocycles. The molecule has 1 saturated carbocycles. The first-order chi connectivity index (χ1) is 17.8. The molecule has 3 aliphatic heterocycles. The number of likely N-dealkylation sites (tertiary alicyclic amines) is 1. The van der Waals surface area contributed by atoms with E-state index >= 15 is 0 Å². The summed E-state index contributed by atoms with van der Waals surface area (Å²) in [7, 11) is 2.07. The molecule has 3 saturated heterocycles. The molecule has 1 aliphatic carbocycles. The second kappa shape index (κ2) is 10.6. The molecule has 5 rings (SSSR count). The zero-order valence-electron chi connectivity index (χ0n) is 21.3. The summed E-state index contributed by atoms with van der Waals surface area (Å²) in [6.07, 6.45) is 0.853. The van der Waals surface area contributed by atoms with Crippen LogP contribution in [0.15, 0.2) is 18.2 Å². The lowest BCUT2D eigenvalue weighted by atomic mass is 9.74. The summed E-state index contributed by atoms with van der Waals surface area (Å²) in [5, 5.41) is 0. The number of rotatable bonds is 6. The molecule has 4 fully saturated rings. The predicted octanol–water partition coefficient (Wildman–Crippen LogP) is 2.26. The third kappa shape index (κ3) is 4.97. The molecule has 10 heteroatoms. The first-order valence-corrected chi connectivity index (χ1v) is 13.4. The number of hydrogen-bond donors (Lipinski definition) is 1. The van der Waals surface area contributed by atoms with Gasteiger partial charge >= 0.3 is 0 Å². The number of amides is 2. The van der Waals surface area contributed by atoms with Crippen molar-refractivity contribution in [3.05, 3.63) is 29.3 Å². The Bertz CT molecular complexity index is 1040. The smallest absolute Gasteiger partial charge is 0.249 e. The number of alkyl halides is 2. The molecule has 4 atom stereocenters. The number of anilines is 1. The van der Waals surface area contributed by atoms with Crippen LogP contribution in [0.4, 0.5) is 14.5 Å². The van der Waals surface area contributed by atoms with E-state index in [-0.39, 0.29) is 36.3 Å². The Labute approximate surface area is 216 Å². The third-order valence-corrected chi connectivity index (χ3v) is 8.72. The molecule has 4 aliphatic rings. The lowest BCUT2D eigenvalue weighted by molar-refractivity contribution is -0.139. The minimum absolute atomic E-state index is 0.0661. The van der Waals surface area contributed by atoms with Crippen molar-refractivity contribution in [3.63, 3.8) is 0 Å². The van der Waals surface area contributed by atoms with Crippen molar-refractivity contribution < 1.29 is 27.9 Å². The number of benzene rings is 1. The topological polar surface area (TPSA) is 96.2 Å². The number of halogens is 2. The quantitative estimate of drug-likeness (QED) is 0.621. The van der Waals surface area contributed by atoms with E-state index in [2.05, 4.69) is 16.8 Å². The first kappa shape index (κ1) is 26.0. The van der Waals surface area contributed by atoms with E-state index in [1.807, 2.05) is 12.1 Å². The Morgan fingerprint density at radius 3 is 2.43 bits per heavy atom. The van der Waals surface area contributed by atoms with Gasteiger partial charge in [0, 0.05) is 44.0 Å². The van der Waals surface area contributed by atoms with E-state index in [0.29, 0.717) is 5.56 Å². The number of fused-ring (bicyclic) bond motifs is 1. The number of nitrogens with zero attached hydrogens (tertiary/aromatic N) is 3. The molecular weight excluding hydrogens is 482 g/mol. The normalized spacial score (nSPS) is 28.1. The van der Waals surface area contributed by atoms with E-state index < -0.39 is 36.3 Å². The largest absolute Gasteiger partial charge is 0.369 e. The van der Waals surface area contributed by atoms with Crippen LogP contribution in [0.25, 0.3) is 0 Å². The molecule has 0 radical (unpaired) electrons. The van der Waals surface area contributed by atoms with Gasteiger partial charge < -0.3 is 25.2 Å². The maximum Gasteiger partial charge on any atom is 0.249 e. The summed E-state index contributed by atoms with van der Waals surface area (Å²) in [5.74, 6) is -3.35. The Kier molecular flexibility index (Phi) is 7.49. The highest BCUT2D eigenvalue weighted by Gasteiger charge is 2.56. The molecular formula is C27H36F2N4O4. The number of hydrogen-bond acceptors (Lipinski definition) is 6. The maximum absolute atomic E-state index is 14.3. The molecule has 2 N–H and O–H groups in total. The average Bonchev–Trinajstić information content (AvgIpc) is 3.46. The molecule has 2 amide bonds. The maximum atomic E-state index is 14.3. The summed E-state index contributed by atoms with van der Waals surface area (Å²) in [6, 6.07) is 4.45. The summed E-state index contributed by atoms with van der Waals surface area (Å²) >= 11 is 0. The van der Waals surface area contributed by atoms with Gasteiger partial charge in [-0.05, 0) is 49.6 Å². The van der Waals surface area contributed by atoms with Crippen LogP contribution < -0.4 is 10.6 Å². The van der Waals surface area contributed by atoms with E-state index in [1.54, 1.807) is 6.07 Å². The first-order valence-electron chi connectivity index (χ1n) is 13.4. The molecule has 0 unspecified atom stereocenters. The van der Waals surface area contributed by atoms with E-state index in [1.165, 1.54) is 4.90 Å². The Hall–Kier alpha value is -2.59. The number of ether oxygens (including phenoxy) is 1. The van der Waals surface area contributed by atoms with Crippen molar-refractivity contribution in [2.75, 3.05) is 51.3 Å². The van der Waals surface area contributed by atoms with Gasteiger partial charge in [0.1, 0.15) is 12.6 Å². The second-order valence-electron chi connectivity index (χ2n) is 11.0. The van der Waals surface area contributed by atoms with Crippen molar-refractivity contribution in [2.24, 2.45) is 17.6 Å². The molecule has 8 nitrogen and oxygen atoms in total. The molecule has 202 valence electrons. The number of ketones is 1. The fraction of sp³-hybridized carbons (Fsp3) is 0.667. The minimum atomic E-state index is -2.70. The molecule has 0 spiro atoms. The van der Waals surface area contributed by atoms with E-state index in [4.69, 9.17) is 10.5 Å². The summed E-state index contributed by atoms with van der Waals surface area (Å²) in [5.41, 5.74) is 7.52. The SMILES string of the molecule is CN1CCN(c2ccc(C(N)=O)c([C@@H](C(=O)N3C[C@@H](C(F)F)[C@H]4OCC(=O)[C@H]43)C3CCCCC3)c2)CC1. The minimum Gasteiger partial charge on any atom is -0.369 e. The van der Waals surface area contributed by atoms with Gasteiger partial charge in [0.25, 0.3) is 0 Å². The van der Waals surface area contributed by atoms with Crippen LogP contribution >= 0.6 is 0 Å². The highest BCUT2D eigenvalue weighted by molar-refractivity contribution is 5.99. The summed E-state index contributed by atoms with van der Waals surface area (Å²) in [4.78, 5) is 45.4. The molecule has 1 aromatic carbocycles. The number of piperazine rings is 1. The van der Waals surface area contributed by atoms with Gasteiger partial charge in [0.05, 0.1) is 17.9 Å². The molecule has 0 bridgehead atoms. The van der Waals surface area contributed by atoms with Gasteiger partial charge in [0.2, 0.25) is 18.2 Å². The highest BCUT2D eigenvalue weighted by atomic mass is 19.3. The van der Waals surface area contributed by atoms with Crippen LogP contribution in [-0.2, 0) is 14.3 Å². The van der Waals surface area contributed by atoms with Gasteiger partial charge in [-0.2, -0.15) is 0 Å². The fourth-order valence-electron chi connectivity index (χ4n) is 6.67. The van der Waals surface area contributed by atoms with Crippen LogP contribution in [0.3, 0.4) is 0 Å². The number of likely N-dealkylation sites (N-methyl/N-ethyl adjacent to an activating group) is 1. The molecule has 1 aromatic rings. The predicted molar refractivity (Wildman–Crippen MR) is 134 cm³/mol. The van der Waals surface area contributed by atoms with E-state index in [9.17, 15) is 23.2 Å². The number of primary amides is 1. The second-order valence-corrected chi connectivity index (χ2v) is 11.0. The summed E-state index contributed by atoms with van der Waals surface area (Å²) < 4.78 is 33.2. The zero-order chi connectivity index (χ0) is 26.3. The molecule has 37 heavy (non-hydrogen) atoms.